The summed E-state index contributed by atoms with van der Waals surface area (Å²) >= 11 is 0. The molecule has 1 aliphatic heterocycles. The third-order valence-corrected chi connectivity index (χ3v) is 6.51. The van der Waals surface area contributed by atoms with E-state index in [0.29, 0.717) is 5.56 Å². The van der Waals surface area contributed by atoms with Crippen LogP contribution in [0.25, 0.3) is 0 Å². The van der Waals surface area contributed by atoms with Gasteiger partial charge in [-0.1, -0.05) is 73.5 Å². The first-order valence-electron chi connectivity index (χ1n) is 10.5. The molecule has 0 radical (unpaired) electrons. The summed E-state index contributed by atoms with van der Waals surface area (Å²) in [5.41, 5.74) is 0.0833. The van der Waals surface area contributed by atoms with E-state index in [4.69, 9.17) is 0 Å². The van der Waals surface area contributed by atoms with Crippen molar-refractivity contribution in [1.82, 2.24) is 10.6 Å². The molecule has 148 valence electrons. The zero-order valence-electron chi connectivity index (χ0n) is 16.4. The van der Waals surface area contributed by atoms with Crippen LogP contribution in [0.5, 0.6) is 0 Å². The zero-order valence-corrected chi connectivity index (χ0v) is 16.4. The molecule has 0 aromatic heterocycles. The van der Waals surface area contributed by atoms with E-state index in [1.807, 2.05) is 48.5 Å². The first-order valence-corrected chi connectivity index (χ1v) is 10.5. The molecule has 0 bridgehead atoms. The van der Waals surface area contributed by atoms with Crippen molar-refractivity contribution in [3.05, 3.63) is 71.8 Å². The summed E-state index contributed by atoms with van der Waals surface area (Å²) in [5, 5.41) is 18.5. The van der Waals surface area contributed by atoms with Gasteiger partial charge in [0.25, 0.3) is 5.91 Å². The molecule has 1 heterocycles. The van der Waals surface area contributed by atoms with Gasteiger partial charge in [0, 0.05) is 12.5 Å². The highest BCUT2D eigenvalue weighted by atomic mass is 16.3. The van der Waals surface area contributed by atoms with Gasteiger partial charge in [-0.05, 0) is 43.4 Å². The molecule has 4 heteroatoms. The summed E-state index contributed by atoms with van der Waals surface area (Å²) in [5.74, 6) is -0.275. The van der Waals surface area contributed by atoms with Crippen molar-refractivity contribution in [2.24, 2.45) is 5.92 Å². The molecule has 1 saturated carbocycles. The highest BCUT2D eigenvalue weighted by molar-refractivity contribution is 5.87. The van der Waals surface area contributed by atoms with Crippen LogP contribution in [0.1, 0.15) is 43.2 Å². The van der Waals surface area contributed by atoms with Gasteiger partial charge in [0.2, 0.25) is 0 Å². The molecule has 1 unspecified atom stereocenters. The molecule has 1 amide bonds. The predicted molar refractivity (Wildman–Crippen MR) is 111 cm³/mol. The lowest BCUT2D eigenvalue weighted by Crippen LogP contribution is -2.59. The van der Waals surface area contributed by atoms with Crippen molar-refractivity contribution in [1.29, 1.82) is 0 Å². The molecule has 2 aromatic rings. The van der Waals surface area contributed by atoms with Crippen molar-refractivity contribution in [3.8, 4) is 0 Å². The molecule has 28 heavy (non-hydrogen) atoms. The Morgan fingerprint density at radius 2 is 1.71 bits per heavy atom. The van der Waals surface area contributed by atoms with Crippen molar-refractivity contribution in [2.45, 2.75) is 49.7 Å². The van der Waals surface area contributed by atoms with Gasteiger partial charge in [0.15, 0.2) is 5.60 Å². The Morgan fingerprint density at radius 1 is 1.07 bits per heavy atom. The second-order valence-corrected chi connectivity index (χ2v) is 8.44. The standard InChI is InChI=1S/C24H30N2O2/c27-22(24(28,21-13-7-8-14-21)20-11-5-2-6-12-20)26-23(15-16-25-18-23)17-19-9-3-1-4-10-19/h1-6,9-12,21,25,28H,7-8,13-18H2,(H,26,27)/t23-,24?/m1/s1. The lowest BCUT2D eigenvalue weighted by Gasteiger charge is -2.38. The molecule has 1 saturated heterocycles. The van der Waals surface area contributed by atoms with Gasteiger partial charge in [-0.3, -0.25) is 4.79 Å². The molecular formula is C24H30N2O2. The van der Waals surface area contributed by atoms with Crippen molar-refractivity contribution < 1.29 is 9.90 Å². The molecule has 0 spiro atoms. The quantitative estimate of drug-likeness (QED) is 0.724. The molecule has 4 nitrogen and oxygen atoms in total. The molecule has 4 rings (SSSR count). The fourth-order valence-corrected chi connectivity index (χ4v) is 4.96. The fraction of sp³-hybridized carbons (Fsp3) is 0.458. The van der Waals surface area contributed by atoms with E-state index in [1.165, 1.54) is 5.56 Å². The summed E-state index contributed by atoms with van der Waals surface area (Å²) < 4.78 is 0. The van der Waals surface area contributed by atoms with E-state index in [9.17, 15) is 9.90 Å². The smallest absolute Gasteiger partial charge is 0.257 e. The largest absolute Gasteiger partial charge is 0.375 e. The predicted octanol–water partition coefficient (Wildman–Crippen LogP) is 3.16. The molecule has 2 aromatic carbocycles. The lowest BCUT2D eigenvalue weighted by molar-refractivity contribution is -0.149. The number of carbonyl (C=O) groups excluding carboxylic acids is 1. The Hall–Kier alpha value is -2.17. The van der Waals surface area contributed by atoms with Crippen LogP contribution < -0.4 is 10.6 Å². The van der Waals surface area contributed by atoms with Gasteiger partial charge in [-0.15, -0.1) is 0 Å². The van der Waals surface area contributed by atoms with E-state index in [-0.39, 0.29) is 17.4 Å². The van der Waals surface area contributed by atoms with Crippen LogP contribution in [0, 0.1) is 5.92 Å². The molecule has 3 N–H and O–H groups in total. The Balaban J connectivity index is 1.62. The van der Waals surface area contributed by atoms with Gasteiger partial charge in [-0.2, -0.15) is 0 Å². The van der Waals surface area contributed by atoms with E-state index < -0.39 is 5.60 Å². The topological polar surface area (TPSA) is 61.4 Å². The molecule has 2 atom stereocenters. The number of benzene rings is 2. The minimum absolute atomic E-state index is 0.0296. The second kappa shape index (κ2) is 8.06. The van der Waals surface area contributed by atoms with Gasteiger partial charge in [-0.25, -0.2) is 0 Å². The van der Waals surface area contributed by atoms with E-state index in [2.05, 4.69) is 22.8 Å². The van der Waals surface area contributed by atoms with Crippen molar-refractivity contribution in [3.63, 3.8) is 0 Å². The Kier molecular flexibility index (Phi) is 5.51. The van der Waals surface area contributed by atoms with Crippen LogP contribution in [-0.4, -0.2) is 29.6 Å². The van der Waals surface area contributed by atoms with Crippen LogP contribution >= 0.6 is 0 Å². The van der Waals surface area contributed by atoms with Gasteiger partial charge >= 0.3 is 0 Å². The normalized spacial score (nSPS) is 24.8. The Bertz CT molecular complexity index is 781. The zero-order chi connectivity index (χ0) is 19.5. The highest BCUT2D eigenvalue weighted by Gasteiger charge is 2.49. The maximum absolute atomic E-state index is 13.6. The summed E-state index contributed by atoms with van der Waals surface area (Å²) in [6.07, 6.45) is 5.56. The third-order valence-electron chi connectivity index (χ3n) is 6.51. The maximum Gasteiger partial charge on any atom is 0.257 e. The van der Waals surface area contributed by atoms with Crippen molar-refractivity contribution in [2.75, 3.05) is 13.1 Å². The second-order valence-electron chi connectivity index (χ2n) is 8.44. The van der Waals surface area contributed by atoms with Crippen LogP contribution in [0.15, 0.2) is 60.7 Å². The minimum atomic E-state index is -1.47. The minimum Gasteiger partial charge on any atom is -0.375 e. The third kappa shape index (κ3) is 3.71. The van der Waals surface area contributed by atoms with Crippen LogP contribution in [0.2, 0.25) is 0 Å². The number of rotatable bonds is 6. The number of amides is 1. The number of aliphatic hydroxyl groups is 1. The monoisotopic (exact) mass is 378 g/mol. The number of hydrogen-bond donors (Lipinski definition) is 3. The Morgan fingerprint density at radius 3 is 2.32 bits per heavy atom. The van der Waals surface area contributed by atoms with Crippen LogP contribution in [-0.2, 0) is 16.8 Å². The highest BCUT2D eigenvalue weighted by Crippen LogP contribution is 2.41. The average molecular weight is 379 g/mol. The first-order chi connectivity index (χ1) is 13.6. The maximum atomic E-state index is 13.6. The number of carbonyl (C=O) groups is 1. The first kappa shape index (κ1) is 19.2. The summed E-state index contributed by atoms with van der Waals surface area (Å²) in [4.78, 5) is 13.6. The fourth-order valence-electron chi connectivity index (χ4n) is 4.96. The molecular weight excluding hydrogens is 348 g/mol. The lowest BCUT2D eigenvalue weighted by atomic mass is 9.78. The van der Waals surface area contributed by atoms with Gasteiger partial charge in [0.1, 0.15) is 0 Å². The molecule has 1 aliphatic carbocycles. The van der Waals surface area contributed by atoms with Crippen LogP contribution in [0.4, 0.5) is 0 Å². The van der Waals surface area contributed by atoms with Gasteiger partial charge in [0.05, 0.1) is 5.54 Å². The average Bonchev–Trinajstić information content (AvgIpc) is 3.42. The summed E-state index contributed by atoms with van der Waals surface area (Å²) in [6, 6.07) is 19.8. The van der Waals surface area contributed by atoms with Crippen molar-refractivity contribution >= 4 is 5.91 Å². The van der Waals surface area contributed by atoms with Crippen LogP contribution in [0.3, 0.4) is 0 Å². The SMILES string of the molecule is O=C(N[C@@]1(Cc2ccccc2)CCNC1)C(O)(c1ccccc1)C1CCCC1. The van der Waals surface area contributed by atoms with E-state index in [0.717, 1.165) is 51.6 Å². The summed E-state index contributed by atoms with van der Waals surface area (Å²) in [7, 11) is 0. The molecule has 2 aliphatic rings. The Labute approximate surface area is 167 Å². The number of hydrogen-bond acceptors (Lipinski definition) is 3. The van der Waals surface area contributed by atoms with Gasteiger partial charge < -0.3 is 15.7 Å². The number of nitrogens with one attached hydrogen (secondary N) is 2. The van der Waals surface area contributed by atoms with E-state index in [1.54, 1.807) is 0 Å². The van der Waals surface area contributed by atoms with E-state index >= 15 is 0 Å². The molecule has 2 fully saturated rings. The summed E-state index contributed by atoms with van der Waals surface area (Å²) in [6.45, 7) is 1.60.